The van der Waals surface area contributed by atoms with Crippen molar-refractivity contribution < 1.29 is 9.90 Å². The molecule has 0 spiro atoms. The molecule has 1 heterocycles. The van der Waals surface area contributed by atoms with Gasteiger partial charge in [0.25, 0.3) is 0 Å². The highest BCUT2D eigenvalue weighted by molar-refractivity contribution is 5.66. The van der Waals surface area contributed by atoms with E-state index in [-0.39, 0.29) is 0 Å². The molecule has 1 aliphatic rings. The number of hydrogen-bond donors (Lipinski definition) is 1. The lowest BCUT2D eigenvalue weighted by Gasteiger charge is -2.32. The van der Waals surface area contributed by atoms with E-state index in [1.54, 1.807) is 0 Å². The van der Waals surface area contributed by atoms with Crippen molar-refractivity contribution in [1.82, 2.24) is 4.90 Å². The number of piperidine rings is 1. The third-order valence-electron chi connectivity index (χ3n) is 2.94. The number of aliphatic carboxylic acids is 1. The van der Waals surface area contributed by atoms with Crippen molar-refractivity contribution in [2.24, 2.45) is 5.92 Å². The van der Waals surface area contributed by atoms with Crippen molar-refractivity contribution in [2.75, 3.05) is 19.6 Å². The highest BCUT2D eigenvalue weighted by Gasteiger charge is 2.19. The van der Waals surface area contributed by atoms with E-state index in [0.717, 1.165) is 32.5 Å². The number of rotatable bonds is 5. The first kappa shape index (κ1) is 12.1. The van der Waals surface area contributed by atoms with Gasteiger partial charge in [-0.2, -0.15) is 0 Å². The number of nitrogens with zero attached hydrogens (tertiary/aromatic N) is 1. The number of hydrogen-bond acceptors (Lipinski definition) is 2. The van der Waals surface area contributed by atoms with Gasteiger partial charge in [-0.3, -0.25) is 4.79 Å². The van der Waals surface area contributed by atoms with Gasteiger partial charge >= 0.3 is 5.97 Å². The Hall–Kier alpha value is -1.01. The fourth-order valence-electron chi connectivity index (χ4n) is 2.14. The zero-order valence-corrected chi connectivity index (χ0v) is 9.11. The molecule has 1 rings (SSSR count). The minimum absolute atomic E-state index is 0.299. The molecule has 3 heteroatoms. The van der Waals surface area contributed by atoms with Crippen LogP contribution in [0, 0.1) is 18.3 Å². The molecule has 1 atom stereocenters. The Morgan fingerprint density at radius 1 is 1.60 bits per heavy atom. The molecule has 1 saturated heterocycles. The van der Waals surface area contributed by atoms with Gasteiger partial charge in [0.2, 0.25) is 0 Å². The molecule has 15 heavy (non-hydrogen) atoms. The van der Waals surface area contributed by atoms with E-state index in [2.05, 4.69) is 10.8 Å². The average molecular weight is 209 g/mol. The molecule has 1 aliphatic heterocycles. The third kappa shape index (κ3) is 4.85. The molecule has 0 bridgehead atoms. The lowest BCUT2D eigenvalue weighted by Crippen LogP contribution is -2.36. The number of carboxylic acid groups (broad SMARTS) is 1. The summed E-state index contributed by atoms with van der Waals surface area (Å²) >= 11 is 0. The molecular weight excluding hydrogens is 190 g/mol. The monoisotopic (exact) mass is 209 g/mol. The van der Waals surface area contributed by atoms with Crippen LogP contribution in [0.2, 0.25) is 0 Å². The topological polar surface area (TPSA) is 40.5 Å². The van der Waals surface area contributed by atoms with Crippen LogP contribution in [-0.2, 0) is 4.79 Å². The molecule has 3 nitrogen and oxygen atoms in total. The van der Waals surface area contributed by atoms with Crippen LogP contribution < -0.4 is 0 Å². The van der Waals surface area contributed by atoms with Crippen molar-refractivity contribution >= 4 is 5.97 Å². The van der Waals surface area contributed by atoms with E-state index in [1.165, 1.54) is 12.8 Å². The predicted octanol–water partition coefficient (Wildman–Crippen LogP) is 1.59. The van der Waals surface area contributed by atoms with Crippen LogP contribution in [-0.4, -0.2) is 35.6 Å². The summed E-state index contributed by atoms with van der Waals surface area (Å²) in [4.78, 5) is 12.8. The maximum Gasteiger partial charge on any atom is 0.303 e. The van der Waals surface area contributed by atoms with Crippen LogP contribution in [0.4, 0.5) is 0 Å². The lowest BCUT2D eigenvalue weighted by molar-refractivity contribution is -0.137. The summed E-state index contributed by atoms with van der Waals surface area (Å²) in [6.45, 7) is 3.10. The largest absolute Gasteiger partial charge is 0.481 e. The third-order valence-corrected chi connectivity index (χ3v) is 2.94. The Kier molecular flexibility index (Phi) is 5.20. The highest BCUT2D eigenvalue weighted by Crippen LogP contribution is 2.20. The predicted molar refractivity (Wildman–Crippen MR) is 59.5 cm³/mol. The number of likely N-dealkylation sites (tertiary alicyclic amines) is 1. The molecule has 0 saturated carbocycles. The van der Waals surface area contributed by atoms with Crippen LogP contribution >= 0.6 is 0 Å². The van der Waals surface area contributed by atoms with Gasteiger partial charge in [0, 0.05) is 25.9 Å². The average Bonchev–Trinajstić information content (AvgIpc) is 2.24. The molecule has 84 valence electrons. The van der Waals surface area contributed by atoms with Gasteiger partial charge in [0.1, 0.15) is 0 Å². The molecule has 0 aliphatic carbocycles. The van der Waals surface area contributed by atoms with Crippen LogP contribution in [0.25, 0.3) is 0 Å². The lowest BCUT2D eigenvalue weighted by atomic mass is 9.93. The van der Waals surface area contributed by atoms with Gasteiger partial charge in [0.05, 0.1) is 0 Å². The van der Waals surface area contributed by atoms with Gasteiger partial charge in [-0.1, -0.05) is 0 Å². The van der Waals surface area contributed by atoms with Gasteiger partial charge in [0.15, 0.2) is 0 Å². The van der Waals surface area contributed by atoms with E-state index in [9.17, 15) is 4.79 Å². The number of carbonyl (C=O) groups is 1. The van der Waals surface area contributed by atoms with Crippen molar-refractivity contribution in [1.29, 1.82) is 0 Å². The first-order chi connectivity index (χ1) is 7.22. The summed E-state index contributed by atoms with van der Waals surface area (Å²) in [7, 11) is 0. The molecule has 0 radical (unpaired) electrons. The Morgan fingerprint density at radius 2 is 2.40 bits per heavy atom. The van der Waals surface area contributed by atoms with Crippen LogP contribution in [0.15, 0.2) is 0 Å². The van der Waals surface area contributed by atoms with Gasteiger partial charge < -0.3 is 10.0 Å². The number of carboxylic acids is 1. The Balaban J connectivity index is 2.23. The summed E-state index contributed by atoms with van der Waals surface area (Å²) in [6, 6.07) is 0. The van der Waals surface area contributed by atoms with Gasteiger partial charge in [-0.15, -0.1) is 12.3 Å². The summed E-state index contributed by atoms with van der Waals surface area (Å²) in [5, 5.41) is 8.61. The van der Waals surface area contributed by atoms with E-state index in [0.29, 0.717) is 12.3 Å². The van der Waals surface area contributed by atoms with Crippen molar-refractivity contribution in [2.45, 2.75) is 32.1 Å². The molecule has 1 N–H and O–H groups in total. The fourth-order valence-corrected chi connectivity index (χ4v) is 2.14. The Morgan fingerprint density at radius 3 is 3.07 bits per heavy atom. The first-order valence-electron chi connectivity index (χ1n) is 5.60. The molecule has 1 fully saturated rings. The van der Waals surface area contributed by atoms with Crippen LogP contribution in [0.1, 0.15) is 32.1 Å². The summed E-state index contributed by atoms with van der Waals surface area (Å²) in [5.41, 5.74) is 0. The van der Waals surface area contributed by atoms with Crippen LogP contribution in [0.5, 0.6) is 0 Å². The second kappa shape index (κ2) is 6.47. The van der Waals surface area contributed by atoms with Crippen molar-refractivity contribution in [3.8, 4) is 12.3 Å². The molecule has 1 unspecified atom stereocenters. The maximum atomic E-state index is 10.5. The molecular formula is C12H19NO2. The molecule has 0 aromatic rings. The zero-order valence-electron chi connectivity index (χ0n) is 9.11. The smallest absolute Gasteiger partial charge is 0.303 e. The van der Waals surface area contributed by atoms with E-state index >= 15 is 0 Å². The SMILES string of the molecule is C#CCCN1CCCC(CCC(=O)O)C1. The fraction of sp³-hybridized carbons (Fsp3) is 0.750. The van der Waals surface area contributed by atoms with Gasteiger partial charge in [-0.25, -0.2) is 0 Å². The molecule has 0 aromatic heterocycles. The Labute approximate surface area is 91.5 Å². The van der Waals surface area contributed by atoms with Gasteiger partial charge in [-0.05, 0) is 31.7 Å². The van der Waals surface area contributed by atoms with Crippen LogP contribution in [0.3, 0.4) is 0 Å². The summed E-state index contributed by atoms with van der Waals surface area (Å²) < 4.78 is 0. The van der Waals surface area contributed by atoms with Crippen molar-refractivity contribution in [3.05, 3.63) is 0 Å². The molecule has 0 amide bonds. The zero-order chi connectivity index (χ0) is 11.1. The van der Waals surface area contributed by atoms with E-state index in [4.69, 9.17) is 11.5 Å². The maximum absolute atomic E-state index is 10.5. The normalized spacial score (nSPS) is 22.2. The second-order valence-corrected chi connectivity index (χ2v) is 4.20. The minimum atomic E-state index is -0.684. The second-order valence-electron chi connectivity index (χ2n) is 4.20. The van der Waals surface area contributed by atoms with Crippen molar-refractivity contribution in [3.63, 3.8) is 0 Å². The standard InChI is InChI=1S/C12H19NO2/c1-2-3-8-13-9-4-5-11(10-13)6-7-12(14)15/h1,11H,3-10H2,(H,14,15). The summed E-state index contributed by atoms with van der Waals surface area (Å²) in [6.07, 6.45) is 9.47. The first-order valence-corrected chi connectivity index (χ1v) is 5.60. The van der Waals surface area contributed by atoms with E-state index in [1.807, 2.05) is 0 Å². The highest BCUT2D eigenvalue weighted by atomic mass is 16.4. The quantitative estimate of drug-likeness (QED) is 0.699. The number of terminal acetylenes is 1. The minimum Gasteiger partial charge on any atom is -0.481 e. The molecule has 0 aromatic carbocycles. The Bertz CT molecular complexity index is 244. The summed E-state index contributed by atoms with van der Waals surface area (Å²) in [5.74, 6) is 2.51. The van der Waals surface area contributed by atoms with E-state index < -0.39 is 5.97 Å².